The second-order valence-corrected chi connectivity index (χ2v) is 4.48. The first-order valence-corrected chi connectivity index (χ1v) is 5.97. The van der Waals surface area contributed by atoms with Gasteiger partial charge in [-0.25, -0.2) is 9.49 Å². The first kappa shape index (κ1) is 11.9. The lowest BCUT2D eigenvalue weighted by molar-refractivity contribution is 0.628. The van der Waals surface area contributed by atoms with Crippen molar-refractivity contribution in [2.75, 3.05) is 0 Å². The normalized spacial score (nSPS) is 10.8. The van der Waals surface area contributed by atoms with Crippen molar-refractivity contribution in [1.29, 1.82) is 0 Å². The quantitative estimate of drug-likeness (QED) is 0.739. The molecule has 1 heterocycles. The Morgan fingerprint density at radius 1 is 1.11 bits per heavy atom. The van der Waals surface area contributed by atoms with E-state index in [0.717, 1.165) is 0 Å². The van der Waals surface area contributed by atoms with Crippen LogP contribution < -0.4 is 5.56 Å². The lowest BCUT2D eigenvalue weighted by Gasteiger charge is -2.05. The minimum absolute atomic E-state index is 0.0532. The van der Waals surface area contributed by atoms with Crippen molar-refractivity contribution in [3.05, 3.63) is 63.7 Å². The fourth-order valence-electron chi connectivity index (χ4n) is 1.98. The van der Waals surface area contributed by atoms with Gasteiger partial charge in [-0.1, -0.05) is 35.9 Å². The maximum atomic E-state index is 13.5. The number of H-pyrrole nitrogens is 1. The number of halogens is 2. The van der Waals surface area contributed by atoms with Crippen LogP contribution in [0, 0.1) is 5.82 Å². The molecule has 0 saturated heterocycles. The third-order valence-electron chi connectivity index (χ3n) is 2.89. The lowest BCUT2D eigenvalue weighted by Crippen LogP contribution is -2.09. The van der Waals surface area contributed by atoms with E-state index in [1.54, 1.807) is 30.3 Å². The Morgan fingerprint density at radius 2 is 1.84 bits per heavy atom. The molecule has 0 fully saturated rings. The van der Waals surface area contributed by atoms with Crippen molar-refractivity contribution >= 4 is 22.4 Å². The molecule has 0 saturated carbocycles. The molecule has 0 aliphatic rings. The van der Waals surface area contributed by atoms with Crippen molar-refractivity contribution in [3.63, 3.8) is 0 Å². The van der Waals surface area contributed by atoms with Crippen LogP contribution in [0.3, 0.4) is 0 Å². The molecule has 0 bridgehead atoms. The molecule has 19 heavy (non-hydrogen) atoms. The van der Waals surface area contributed by atoms with Crippen LogP contribution in [0.1, 0.15) is 0 Å². The zero-order valence-electron chi connectivity index (χ0n) is 9.65. The number of rotatable bonds is 1. The van der Waals surface area contributed by atoms with Gasteiger partial charge in [0, 0.05) is 10.9 Å². The Labute approximate surface area is 112 Å². The number of aromatic nitrogens is 2. The molecule has 0 unspecified atom stereocenters. The maximum absolute atomic E-state index is 13.5. The highest BCUT2D eigenvalue weighted by Crippen LogP contribution is 2.26. The molecular weight excluding hydrogens is 267 g/mol. The highest BCUT2D eigenvalue weighted by molar-refractivity contribution is 6.30. The summed E-state index contributed by atoms with van der Waals surface area (Å²) in [6.07, 6.45) is 0. The molecule has 3 nitrogen and oxygen atoms in total. The number of nitrogens with zero attached hydrogens (tertiary/aromatic N) is 1. The third-order valence-corrected chi connectivity index (χ3v) is 3.20. The topological polar surface area (TPSA) is 45.8 Å². The first-order valence-electron chi connectivity index (χ1n) is 5.59. The average molecular weight is 275 g/mol. The molecule has 3 rings (SSSR count). The number of benzene rings is 2. The molecule has 0 aliphatic heterocycles. The summed E-state index contributed by atoms with van der Waals surface area (Å²) in [5.41, 5.74) is 0.814. The second-order valence-electron chi connectivity index (χ2n) is 4.08. The second kappa shape index (κ2) is 4.48. The van der Waals surface area contributed by atoms with Gasteiger partial charge in [0.15, 0.2) is 0 Å². The van der Waals surface area contributed by atoms with Gasteiger partial charge in [0.2, 0.25) is 0 Å². The van der Waals surface area contributed by atoms with Gasteiger partial charge in [-0.05, 0) is 18.2 Å². The SMILES string of the molecule is O=c1[nH]nc(-c2ccc(Cl)c(F)c2)c2ccccc12. The summed E-state index contributed by atoms with van der Waals surface area (Å²) in [5.74, 6) is -0.517. The molecule has 0 radical (unpaired) electrons. The summed E-state index contributed by atoms with van der Waals surface area (Å²) < 4.78 is 13.5. The largest absolute Gasteiger partial charge is 0.272 e. The molecule has 2 aromatic carbocycles. The summed E-state index contributed by atoms with van der Waals surface area (Å²) in [6.45, 7) is 0. The first-order chi connectivity index (χ1) is 9.16. The molecule has 1 N–H and O–H groups in total. The van der Waals surface area contributed by atoms with E-state index in [0.29, 0.717) is 22.0 Å². The number of nitrogens with one attached hydrogen (secondary N) is 1. The van der Waals surface area contributed by atoms with E-state index in [1.165, 1.54) is 12.1 Å². The van der Waals surface area contributed by atoms with Crippen LogP contribution in [0.4, 0.5) is 4.39 Å². The van der Waals surface area contributed by atoms with Crippen LogP contribution in [0.2, 0.25) is 5.02 Å². The van der Waals surface area contributed by atoms with Gasteiger partial charge in [0.25, 0.3) is 5.56 Å². The highest BCUT2D eigenvalue weighted by atomic mass is 35.5. The van der Waals surface area contributed by atoms with Crippen LogP contribution >= 0.6 is 11.6 Å². The van der Waals surface area contributed by atoms with E-state index < -0.39 is 5.82 Å². The van der Waals surface area contributed by atoms with Crippen LogP contribution in [-0.2, 0) is 0 Å². The summed E-state index contributed by atoms with van der Waals surface area (Å²) in [6, 6.07) is 11.5. The van der Waals surface area contributed by atoms with Crippen molar-refractivity contribution in [3.8, 4) is 11.3 Å². The van der Waals surface area contributed by atoms with E-state index in [2.05, 4.69) is 10.2 Å². The molecule has 94 valence electrons. The predicted molar refractivity (Wildman–Crippen MR) is 72.8 cm³/mol. The Hall–Kier alpha value is -2.20. The van der Waals surface area contributed by atoms with Crippen molar-refractivity contribution in [2.45, 2.75) is 0 Å². The van der Waals surface area contributed by atoms with Crippen LogP contribution in [0.5, 0.6) is 0 Å². The number of hydrogen-bond acceptors (Lipinski definition) is 2. The van der Waals surface area contributed by atoms with E-state index in [1.807, 2.05) is 0 Å². The molecule has 0 spiro atoms. The zero-order valence-corrected chi connectivity index (χ0v) is 10.4. The van der Waals surface area contributed by atoms with Crippen LogP contribution in [-0.4, -0.2) is 10.2 Å². The van der Waals surface area contributed by atoms with Gasteiger partial charge in [0.05, 0.1) is 16.1 Å². The molecule has 1 aromatic heterocycles. The van der Waals surface area contributed by atoms with Crippen molar-refractivity contribution < 1.29 is 4.39 Å². The summed E-state index contributed by atoms with van der Waals surface area (Å²) in [4.78, 5) is 11.7. The third kappa shape index (κ3) is 2.00. The van der Waals surface area contributed by atoms with Gasteiger partial charge in [-0.3, -0.25) is 4.79 Å². The van der Waals surface area contributed by atoms with Gasteiger partial charge < -0.3 is 0 Å². The number of aromatic amines is 1. The fraction of sp³-hybridized carbons (Fsp3) is 0. The van der Waals surface area contributed by atoms with Gasteiger partial charge in [-0.2, -0.15) is 5.10 Å². The van der Waals surface area contributed by atoms with Gasteiger partial charge >= 0.3 is 0 Å². The number of hydrogen-bond donors (Lipinski definition) is 1. The predicted octanol–water partition coefficient (Wildman–Crippen LogP) is 3.38. The molecule has 5 heteroatoms. The average Bonchev–Trinajstić information content (AvgIpc) is 2.43. The Bertz CT molecular complexity index is 829. The minimum atomic E-state index is -0.517. The summed E-state index contributed by atoms with van der Waals surface area (Å²) >= 11 is 5.66. The van der Waals surface area contributed by atoms with E-state index in [-0.39, 0.29) is 10.6 Å². The smallest absolute Gasteiger partial charge is 0.267 e. The zero-order chi connectivity index (χ0) is 13.4. The molecule has 0 atom stereocenters. The summed E-state index contributed by atoms with van der Waals surface area (Å²) in [7, 11) is 0. The standard InChI is InChI=1S/C14H8ClFN2O/c15-11-6-5-8(7-12(11)16)13-9-3-1-2-4-10(9)14(19)18-17-13/h1-7H,(H,18,19). The minimum Gasteiger partial charge on any atom is -0.267 e. The van der Waals surface area contributed by atoms with Crippen LogP contribution in [0.25, 0.3) is 22.0 Å². The highest BCUT2D eigenvalue weighted by Gasteiger charge is 2.10. The Kier molecular flexibility index (Phi) is 2.80. The summed E-state index contributed by atoms with van der Waals surface area (Å²) in [5, 5.41) is 7.66. The Morgan fingerprint density at radius 3 is 2.58 bits per heavy atom. The van der Waals surface area contributed by atoms with Gasteiger partial charge in [0.1, 0.15) is 5.82 Å². The lowest BCUT2D eigenvalue weighted by atomic mass is 10.1. The van der Waals surface area contributed by atoms with Crippen molar-refractivity contribution in [2.24, 2.45) is 0 Å². The molecule has 0 amide bonds. The van der Waals surface area contributed by atoms with E-state index in [9.17, 15) is 9.18 Å². The molecule has 3 aromatic rings. The maximum Gasteiger partial charge on any atom is 0.272 e. The van der Waals surface area contributed by atoms with Crippen LogP contribution in [0.15, 0.2) is 47.3 Å². The van der Waals surface area contributed by atoms with E-state index in [4.69, 9.17) is 11.6 Å². The van der Waals surface area contributed by atoms with Crippen molar-refractivity contribution in [1.82, 2.24) is 10.2 Å². The van der Waals surface area contributed by atoms with E-state index >= 15 is 0 Å². The molecule has 0 aliphatic carbocycles. The molecular formula is C14H8ClFN2O. The number of fused-ring (bicyclic) bond motifs is 1. The fourth-order valence-corrected chi connectivity index (χ4v) is 2.10. The Balaban J connectivity index is 2.34. The monoisotopic (exact) mass is 274 g/mol. The van der Waals surface area contributed by atoms with Gasteiger partial charge in [-0.15, -0.1) is 0 Å².